The number of aromatic nitrogens is 4. The van der Waals surface area contributed by atoms with E-state index >= 15 is 4.39 Å². The number of carbonyl (C=O) groups excluding carboxylic acids is 1. The molecule has 1 aromatic carbocycles. The van der Waals surface area contributed by atoms with Crippen molar-refractivity contribution in [2.75, 3.05) is 23.8 Å². The Morgan fingerprint density at radius 2 is 1.75 bits per heavy atom. The molecule has 0 unspecified atom stereocenters. The lowest BCUT2D eigenvalue weighted by molar-refractivity contribution is -0.139. The number of halogens is 1. The standard InChI is InChI=1S/C33H37FN6O4/c1-6-42-31(43-7-2)11-9-24-16-21(12-14-35-24)22-13-15-40-27(20-36-30(40)18-22)23-8-10-26(25(34)17-23)37-32(41)38-29-19-28(44-39-29)33(3,4)5/h8,10,12-20,31H,6-7,9,11H2,1-5H3,(H2,37,38,39,41). The van der Waals surface area contributed by atoms with Gasteiger partial charge in [0.05, 0.1) is 17.6 Å². The van der Waals surface area contributed by atoms with Gasteiger partial charge in [-0.3, -0.25) is 14.7 Å². The van der Waals surface area contributed by atoms with Crippen LogP contribution in [0, 0.1) is 5.82 Å². The van der Waals surface area contributed by atoms with Crippen molar-refractivity contribution in [1.82, 2.24) is 19.5 Å². The number of benzene rings is 1. The summed E-state index contributed by atoms with van der Waals surface area (Å²) in [5.74, 6) is 0.285. The monoisotopic (exact) mass is 600 g/mol. The second-order valence-electron chi connectivity index (χ2n) is 11.3. The van der Waals surface area contributed by atoms with E-state index in [0.717, 1.165) is 29.7 Å². The number of ether oxygens (including phenoxy) is 2. The molecule has 44 heavy (non-hydrogen) atoms. The van der Waals surface area contributed by atoms with E-state index in [1.165, 1.54) is 12.1 Å². The smallest absolute Gasteiger partial charge is 0.325 e. The minimum atomic E-state index is -0.629. The summed E-state index contributed by atoms with van der Waals surface area (Å²) in [6.07, 6.45) is 6.61. The lowest BCUT2D eigenvalue weighted by Gasteiger charge is -2.16. The second kappa shape index (κ2) is 13.4. The van der Waals surface area contributed by atoms with Crippen LogP contribution in [0.5, 0.6) is 0 Å². The molecule has 230 valence electrons. The normalized spacial score (nSPS) is 11.8. The van der Waals surface area contributed by atoms with Gasteiger partial charge < -0.3 is 19.3 Å². The first kappa shape index (κ1) is 30.8. The molecule has 4 aromatic heterocycles. The molecule has 10 nitrogen and oxygen atoms in total. The first-order valence-electron chi connectivity index (χ1n) is 14.6. The highest BCUT2D eigenvalue weighted by Crippen LogP contribution is 2.29. The molecule has 0 aliphatic heterocycles. The Balaban J connectivity index is 1.28. The van der Waals surface area contributed by atoms with Crippen LogP contribution in [0.3, 0.4) is 0 Å². The first-order chi connectivity index (χ1) is 21.1. The highest BCUT2D eigenvalue weighted by atomic mass is 19.1. The maximum Gasteiger partial charge on any atom is 0.325 e. The third-order valence-corrected chi connectivity index (χ3v) is 7.01. The third kappa shape index (κ3) is 7.29. The van der Waals surface area contributed by atoms with Crippen molar-refractivity contribution in [3.8, 4) is 22.4 Å². The number of rotatable bonds is 11. The van der Waals surface area contributed by atoms with Crippen LogP contribution in [0.2, 0.25) is 0 Å². The van der Waals surface area contributed by atoms with Gasteiger partial charge in [0.2, 0.25) is 0 Å². The number of nitrogens with one attached hydrogen (secondary N) is 2. The van der Waals surface area contributed by atoms with Crippen molar-refractivity contribution in [3.05, 3.63) is 84.4 Å². The molecule has 2 amide bonds. The van der Waals surface area contributed by atoms with Crippen LogP contribution >= 0.6 is 0 Å². The predicted molar refractivity (Wildman–Crippen MR) is 167 cm³/mol. The predicted octanol–water partition coefficient (Wildman–Crippen LogP) is 7.46. The summed E-state index contributed by atoms with van der Waals surface area (Å²) in [5.41, 5.74) is 4.78. The van der Waals surface area contributed by atoms with Crippen molar-refractivity contribution in [1.29, 1.82) is 0 Å². The van der Waals surface area contributed by atoms with Gasteiger partial charge in [-0.15, -0.1) is 0 Å². The minimum Gasteiger partial charge on any atom is -0.359 e. The van der Waals surface area contributed by atoms with E-state index in [4.69, 9.17) is 14.0 Å². The van der Waals surface area contributed by atoms with Gasteiger partial charge in [-0.2, -0.15) is 0 Å². The van der Waals surface area contributed by atoms with Gasteiger partial charge in [0.25, 0.3) is 0 Å². The molecule has 0 saturated carbocycles. The lowest BCUT2D eigenvalue weighted by Crippen LogP contribution is -2.20. The van der Waals surface area contributed by atoms with E-state index in [1.807, 2.05) is 63.4 Å². The fraction of sp³-hybridized carbons (Fsp3) is 0.333. The van der Waals surface area contributed by atoms with Gasteiger partial charge >= 0.3 is 6.03 Å². The fourth-order valence-corrected chi connectivity index (χ4v) is 4.75. The number of anilines is 2. The number of fused-ring (bicyclic) bond motifs is 1. The Kier molecular flexibility index (Phi) is 9.36. The van der Waals surface area contributed by atoms with Crippen LogP contribution in [0.1, 0.15) is 52.5 Å². The summed E-state index contributed by atoms with van der Waals surface area (Å²) in [7, 11) is 0. The number of hydrogen-bond donors (Lipinski definition) is 2. The van der Waals surface area contributed by atoms with Gasteiger partial charge in [-0.05, 0) is 67.8 Å². The molecule has 0 saturated heterocycles. The molecule has 0 atom stereocenters. The Bertz CT molecular complexity index is 1740. The Labute approximate surface area is 255 Å². The van der Waals surface area contributed by atoms with Crippen LogP contribution in [-0.2, 0) is 21.3 Å². The molecule has 0 aliphatic rings. The maximum atomic E-state index is 15.1. The summed E-state index contributed by atoms with van der Waals surface area (Å²) < 4.78 is 33.6. The second-order valence-corrected chi connectivity index (χ2v) is 11.3. The molecule has 5 aromatic rings. The van der Waals surface area contributed by atoms with E-state index in [2.05, 4.69) is 31.8 Å². The average Bonchev–Trinajstić information content (AvgIpc) is 3.64. The van der Waals surface area contributed by atoms with Gasteiger partial charge in [-0.1, -0.05) is 32.0 Å². The van der Waals surface area contributed by atoms with Crippen molar-refractivity contribution < 1.29 is 23.2 Å². The number of hydrogen-bond acceptors (Lipinski definition) is 7. The number of imidazole rings is 1. The molecule has 2 N–H and O–H groups in total. The van der Waals surface area contributed by atoms with Gasteiger partial charge in [0.15, 0.2) is 12.1 Å². The van der Waals surface area contributed by atoms with Crippen LogP contribution in [0.25, 0.3) is 28.0 Å². The minimum absolute atomic E-state index is 0.0317. The van der Waals surface area contributed by atoms with E-state index in [0.29, 0.717) is 35.9 Å². The summed E-state index contributed by atoms with van der Waals surface area (Å²) in [5, 5.41) is 8.95. The highest BCUT2D eigenvalue weighted by molar-refractivity contribution is 5.99. The zero-order valence-corrected chi connectivity index (χ0v) is 25.6. The van der Waals surface area contributed by atoms with Gasteiger partial charge in [0.1, 0.15) is 17.2 Å². The summed E-state index contributed by atoms with van der Waals surface area (Å²) in [6, 6.07) is 13.6. The largest absolute Gasteiger partial charge is 0.359 e. The Hall–Kier alpha value is -4.61. The fourth-order valence-electron chi connectivity index (χ4n) is 4.75. The van der Waals surface area contributed by atoms with Crippen molar-refractivity contribution >= 4 is 23.2 Å². The van der Waals surface area contributed by atoms with Crippen LogP contribution < -0.4 is 10.6 Å². The summed E-state index contributed by atoms with van der Waals surface area (Å²) in [6.45, 7) is 11.0. The third-order valence-electron chi connectivity index (χ3n) is 7.01. The number of aryl methyl sites for hydroxylation is 1. The van der Waals surface area contributed by atoms with Crippen molar-refractivity contribution in [2.45, 2.75) is 59.2 Å². The lowest BCUT2D eigenvalue weighted by atomic mass is 9.93. The molecular weight excluding hydrogens is 563 g/mol. The summed E-state index contributed by atoms with van der Waals surface area (Å²) in [4.78, 5) is 21.6. The maximum absolute atomic E-state index is 15.1. The Morgan fingerprint density at radius 3 is 2.45 bits per heavy atom. The molecular formula is C33H37FN6O4. The summed E-state index contributed by atoms with van der Waals surface area (Å²) >= 11 is 0. The topological polar surface area (TPSA) is 116 Å². The molecule has 0 radical (unpaired) electrons. The number of amides is 2. The molecule has 5 rings (SSSR count). The van der Waals surface area contributed by atoms with Gasteiger partial charge in [-0.25, -0.2) is 14.2 Å². The van der Waals surface area contributed by atoms with E-state index in [9.17, 15) is 4.79 Å². The zero-order valence-electron chi connectivity index (χ0n) is 25.6. The van der Waals surface area contributed by atoms with Crippen molar-refractivity contribution in [3.63, 3.8) is 0 Å². The van der Waals surface area contributed by atoms with Crippen molar-refractivity contribution in [2.24, 2.45) is 0 Å². The molecule has 0 bridgehead atoms. The number of urea groups is 1. The van der Waals surface area contributed by atoms with E-state index < -0.39 is 11.8 Å². The quantitative estimate of drug-likeness (QED) is 0.151. The van der Waals surface area contributed by atoms with Gasteiger partial charge in [0, 0.05) is 54.8 Å². The molecule has 11 heteroatoms. The zero-order chi connectivity index (χ0) is 31.3. The SMILES string of the molecule is CCOC(CCc1cc(-c2ccn3c(-c4ccc(NC(=O)Nc5cc(C(C)(C)C)on5)c(F)c4)cnc3c2)ccn1)OCC. The number of pyridine rings is 2. The number of nitrogens with zero attached hydrogens (tertiary/aromatic N) is 4. The average molecular weight is 601 g/mol. The van der Waals surface area contributed by atoms with Crippen LogP contribution in [0.4, 0.5) is 20.7 Å². The number of carbonyl (C=O) groups is 1. The Morgan fingerprint density at radius 1 is 0.977 bits per heavy atom. The van der Waals surface area contributed by atoms with Crippen LogP contribution in [0.15, 0.2) is 71.6 Å². The highest BCUT2D eigenvalue weighted by Gasteiger charge is 2.21. The molecule has 4 heterocycles. The molecule has 0 fully saturated rings. The molecule has 0 spiro atoms. The van der Waals surface area contributed by atoms with E-state index in [1.54, 1.807) is 24.5 Å². The van der Waals surface area contributed by atoms with E-state index in [-0.39, 0.29) is 23.2 Å². The first-order valence-corrected chi connectivity index (χ1v) is 14.6. The van der Waals surface area contributed by atoms with Crippen LogP contribution in [-0.4, -0.2) is 45.1 Å². The molecule has 0 aliphatic carbocycles.